The van der Waals surface area contributed by atoms with Gasteiger partial charge in [0.1, 0.15) is 0 Å². The molecule has 5 nitrogen and oxygen atoms in total. The number of hydrogen-bond acceptors (Lipinski definition) is 3. The molecule has 5 heteroatoms. The summed E-state index contributed by atoms with van der Waals surface area (Å²) >= 11 is 0. The smallest absolute Gasteiger partial charge is 0.407 e. The van der Waals surface area contributed by atoms with Gasteiger partial charge in [-0.25, -0.2) is 4.79 Å². The number of rotatable bonds is 1. The van der Waals surface area contributed by atoms with Crippen LogP contribution in [-0.2, 0) is 0 Å². The second-order valence-corrected chi connectivity index (χ2v) is 3.08. The molecule has 70 valence electrons. The number of piperidine rings is 1. The van der Waals surface area contributed by atoms with Crippen molar-refractivity contribution in [3.05, 3.63) is 0 Å². The predicted molar refractivity (Wildman–Crippen MR) is 42.8 cm³/mol. The van der Waals surface area contributed by atoms with Gasteiger partial charge < -0.3 is 20.8 Å². The van der Waals surface area contributed by atoms with Crippen molar-refractivity contribution in [2.45, 2.75) is 12.5 Å². The summed E-state index contributed by atoms with van der Waals surface area (Å²) in [6, 6.07) is 0. The Hall–Kier alpha value is -0.810. The van der Waals surface area contributed by atoms with Crippen molar-refractivity contribution in [3.63, 3.8) is 0 Å². The Balaban J connectivity index is 2.46. The number of β-amino-alcohol motifs (C(OH)–C–C–N with tert-alkyl or cyclic N) is 1. The van der Waals surface area contributed by atoms with Gasteiger partial charge >= 0.3 is 6.09 Å². The normalized spacial score (nSPS) is 30.3. The molecule has 1 unspecified atom stereocenters. The van der Waals surface area contributed by atoms with E-state index < -0.39 is 12.2 Å². The Morgan fingerprint density at radius 3 is 2.75 bits per heavy atom. The van der Waals surface area contributed by atoms with Gasteiger partial charge in [0.2, 0.25) is 0 Å². The van der Waals surface area contributed by atoms with Crippen molar-refractivity contribution in [3.8, 4) is 0 Å². The molecule has 0 aromatic carbocycles. The van der Waals surface area contributed by atoms with Gasteiger partial charge in [0.25, 0.3) is 0 Å². The quantitative estimate of drug-likeness (QED) is 0.491. The lowest BCUT2D eigenvalue weighted by atomic mass is 9.94. The Morgan fingerprint density at radius 2 is 2.33 bits per heavy atom. The number of hydrogen-bond donors (Lipinski definition) is 3. The van der Waals surface area contributed by atoms with Crippen molar-refractivity contribution in [1.82, 2.24) is 4.90 Å². The summed E-state index contributed by atoms with van der Waals surface area (Å²) in [5.41, 5.74) is 5.39. The molecule has 1 rings (SSSR count). The van der Waals surface area contributed by atoms with Crippen LogP contribution in [0.5, 0.6) is 0 Å². The average molecular weight is 174 g/mol. The summed E-state index contributed by atoms with van der Waals surface area (Å²) in [7, 11) is 0. The highest BCUT2D eigenvalue weighted by atomic mass is 16.4. The van der Waals surface area contributed by atoms with E-state index in [1.807, 2.05) is 0 Å². The number of aliphatic hydroxyl groups is 1. The molecule has 0 aliphatic carbocycles. The van der Waals surface area contributed by atoms with E-state index in [0.717, 1.165) is 0 Å². The molecule has 1 fully saturated rings. The van der Waals surface area contributed by atoms with Crippen LogP contribution in [0.4, 0.5) is 4.79 Å². The summed E-state index contributed by atoms with van der Waals surface area (Å²) in [6.45, 7) is 1.10. The maximum Gasteiger partial charge on any atom is 0.407 e. The van der Waals surface area contributed by atoms with E-state index in [4.69, 9.17) is 10.8 Å². The monoisotopic (exact) mass is 174 g/mol. The third-order valence-corrected chi connectivity index (χ3v) is 2.29. The molecule has 1 heterocycles. The second-order valence-electron chi connectivity index (χ2n) is 3.08. The minimum absolute atomic E-state index is 0.0561. The first-order valence-electron chi connectivity index (χ1n) is 4.01. The molecule has 1 aliphatic rings. The molecule has 0 saturated carbocycles. The second kappa shape index (κ2) is 3.73. The summed E-state index contributed by atoms with van der Waals surface area (Å²) in [6.07, 6.45) is -0.909. The van der Waals surface area contributed by atoms with Crippen molar-refractivity contribution < 1.29 is 15.0 Å². The molecule has 0 bridgehead atoms. The van der Waals surface area contributed by atoms with E-state index in [-0.39, 0.29) is 12.5 Å². The number of aliphatic hydroxyl groups excluding tert-OH is 1. The summed E-state index contributed by atoms with van der Waals surface area (Å²) in [4.78, 5) is 11.7. The van der Waals surface area contributed by atoms with Gasteiger partial charge in [-0.1, -0.05) is 0 Å². The molecule has 1 aliphatic heterocycles. The van der Waals surface area contributed by atoms with E-state index in [1.165, 1.54) is 4.90 Å². The van der Waals surface area contributed by atoms with Crippen LogP contribution in [0.15, 0.2) is 0 Å². The van der Waals surface area contributed by atoms with Gasteiger partial charge in [-0.2, -0.15) is 0 Å². The van der Waals surface area contributed by atoms with Crippen molar-refractivity contribution >= 4 is 6.09 Å². The molecule has 0 radical (unpaired) electrons. The first-order valence-corrected chi connectivity index (χ1v) is 4.01. The van der Waals surface area contributed by atoms with Crippen LogP contribution in [0.2, 0.25) is 0 Å². The molecule has 1 amide bonds. The molecule has 4 N–H and O–H groups in total. The standard InChI is InChI=1S/C7H14N2O3/c8-3-5-1-2-9(7(11)12)4-6(5)10/h5-6,10H,1-4,8H2,(H,11,12)/t5?,6-/m0/s1. The minimum Gasteiger partial charge on any atom is -0.465 e. The highest BCUT2D eigenvalue weighted by Crippen LogP contribution is 2.16. The number of nitrogens with zero attached hydrogens (tertiary/aromatic N) is 1. The number of carboxylic acid groups (broad SMARTS) is 1. The van der Waals surface area contributed by atoms with E-state index in [9.17, 15) is 9.90 Å². The highest BCUT2D eigenvalue weighted by molar-refractivity contribution is 5.65. The van der Waals surface area contributed by atoms with E-state index in [2.05, 4.69) is 0 Å². The Labute approximate surface area is 70.8 Å². The lowest BCUT2D eigenvalue weighted by molar-refractivity contribution is 0.0280. The molecular formula is C7H14N2O3. The molecule has 12 heavy (non-hydrogen) atoms. The maximum atomic E-state index is 10.5. The van der Waals surface area contributed by atoms with Crippen molar-refractivity contribution in [2.24, 2.45) is 11.7 Å². The Morgan fingerprint density at radius 1 is 1.67 bits per heavy atom. The number of nitrogens with two attached hydrogens (primary N) is 1. The van der Waals surface area contributed by atoms with Gasteiger partial charge in [0.15, 0.2) is 0 Å². The maximum absolute atomic E-state index is 10.5. The summed E-state index contributed by atoms with van der Waals surface area (Å²) in [5.74, 6) is 0.0561. The number of carbonyl (C=O) groups is 1. The van der Waals surface area contributed by atoms with Crippen LogP contribution in [-0.4, -0.2) is 46.9 Å². The molecule has 0 spiro atoms. The Bertz CT molecular complexity index is 174. The predicted octanol–water partition coefficient (Wildman–Crippen LogP) is -0.694. The largest absolute Gasteiger partial charge is 0.465 e. The number of amides is 1. The van der Waals surface area contributed by atoms with Gasteiger partial charge in [-0.3, -0.25) is 0 Å². The summed E-state index contributed by atoms with van der Waals surface area (Å²) in [5, 5.41) is 18.0. The van der Waals surface area contributed by atoms with E-state index in [0.29, 0.717) is 19.5 Å². The van der Waals surface area contributed by atoms with Crippen LogP contribution >= 0.6 is 0 Å². The zero-order valence-electron chi connectivity index (χ0n) is 6.81. The van der Waals surface area contributed by atoms with Gasteiger partial charge in [0.05, 0.1) is 12.6 Å². The van der Waals surface area contributed by atoms with Gasteiger partial charge in [0, 0.05) is 12.5 Å². The third-order valence-electron chi connectivity index (χ3n) is 2.29. The van der Waals surface area contributed by atoms with Gasteiger partial charge in [-0.05, 0) is 13.0 Å². The van der Waals surface area contributed by atoms with E-state index in [1.54, 1.807) is 0 Å². The topological polar surface area (TPSA) is 86.8 Å². The molecule has 0 aromatic rings. The van der Waals surface area contributed by atoms with Crippen LogP contribution in [0, 0.1) is 5.92 Å². The van der Waals surface area contributed by atoms with Gasteiger partial charge in [-0.15, -0.1) is 0 Å². The fraction of sp³-hybridized carbons (Fsp3) is 0.857. The third kappa shape index (κ3) is 1.86. The fourth-order valence-corrected chi connectivity index (χ4v) is 1.43. The highest BCUT2D eigenvalue weighted by Gasteiger charge is 2.28. The molecule has 1 saturated heterocycles. The SMILES string of the molecule is NCC1CCN(C(=O)O)C[C@@H]1O. The first kappa shape index (κ1) is 9.28. The molecule has 2 atom stereocenters. The van der Waals surface area contributed by atoms with Crippen LogP contribution in [0.1, 0.15) is 6.42 Å². The van der Waals surface area contributed by atoms with Crippen LogP contribution < -0.4 is 5.73 Å². The zero-order valence-corrected chi connectivity index (χ0v) is 6.81. The minimum atomic E-state index is -0.968. The van der Waals surface area contributed by atoms with E-state index >= 15 is 0 Å². The molecule has 0 aromatic heterocycles. The fourth-order valence-electron chi connectivity index (χ4n) is 1.43. The zero-order chi connectivity index (χ0) is 9.14. The Kier molecular flexibility index (Phi) is 2.88. The first-order chi connectivity index (χ1) is 5.65. The van der Waals surface area contributed by atoms with Crippen molar-refractivity contribution in [2.75, 3.05) is 19.6 Å². The van der Waals surface area contributed by atoms with Crippen molar-refractivity contribution in [1.29, 1.82) is 0 Å². The summed E-state index contributed by atoms with van der Waals surface area (Å²) < 4.78 is 0. The van der Waals surface area contributed by atoms with Crippen LogP contribution in [0.25, 0.3) is 0 Å². The van der Waals surface area contributed by atoms with Crippen LogP contribution in [0.3, 0.4) is 0 Å². The number of likely N-dealkylation sites (tertiary alicyclic amines) is 1. The average Bonchev–Trinajstić information content (AvgIpc) is 2.04. The molecular weight excluding hydrogens is 160 g/mol. The lowest BCUT2D eigenvalue weighted by Gasteiger charge is -2.33. The lowest BCUT2D eigenvalue weighted by Crippen LogP contribution is -2.48.